The number of hydrogen-bond acceptors (Lipinski definition) is 6. The smallest absolute Gasteiger partial charge is 0.128 e. The van der Waals surface area contributed by atoms with Crippen molar-refractivity contribution in [3.8, 4) is 11.5 Å². The third-order valence-corrected chi connectivity index (χ3v) is 3.68. The summed E-state index contributed by atoms with van der Waals surface area (Å²) in [5.74, 6) is 1.41. The Morgan fingerprint density at radius 1 is 1.24 bits per heavy atom. The molecule has 1 aliphatic rings. The van der Waals surface area contributed by atoms with Gasteiger partial charge in [0, 0.05) is 42.7 Å². The number of ether oxygens (including phenoxy) is 2. The number of aliphatic hydroxyl groups excluding tert-OH is 1. The molecule has 0 aliphatic heterocycles. The molecular weight excluding hydrogens is 320 g/mol. The van der Waals surface area contributed by atoms with Crippen LogP contribution < -0.4 is 10.1 Å². The van der Waals surface area contributed by atoms with Gasteiger partial charge in [-0.1, -0.05) is 6.08 Å². The molecule has 0 radical (unpaired) electrons. The Hall–Kier alpha value is -2.73. The SMILES string of the molecule is COC1=CC(O)/C(=C\NCCCN=Cc2ccc(OC)cc2O)C=C1. The van der Waals surface area contributed by atoms with Crippen LogP contribution in [0.2, 0.25) is 0 Å². The van der Waals surface area contributed by atoms with E-state index < -0.39 is 6.10 Å². The van der Waals surface area contributed by atoms with Crippen molar-refractivity contribution in [1.29, 1.82) is 0 Å². The summed E-state index contributed by atoms with van der Waals surface area (Å²) in [5.41, 5.74) is 1.44. The minimum absolute atomic E-state index is 0.146. The molecule has 0 saturated heterocycles. The number of nitrogens with zero attached hydrogens (tertiary/aromatic N) is 1. The van der Waals surface area contributed by atoms with Gasteiger partial charge in [0.15, 0.2) is 0 Å². The molecule has 1 aliphatic carbocycles. The van der Waals surface area contributed by atoms with Gasteiger partial charge in [-0.3, -0.25) is 4.99 Å². The van der Waals surface area contributed by atoms with Crippen molar-refractivity contribution in [3.05, 3.63) is 59.5 Å². The Labute approximate surface area is 147 Å². The van der Waals surface area contributed by atoms with Crippen LogP contribution in [0.3, 0.4) is 0 Å². The topological polar surface area (TPSA) is 83.3 Å². The Bertz CT molecular complexity index is 693. The van der Waals surface area contributed by atoms with E-state index in [4.69, 9.17) is 9.47 Å². The van der Waals surface area contributed by atoms with Crippen molar-refractivity contribution >= 4 is 6.21 Å². The zero-order chi connectivity index (χ0) is 18.1. The highest BCUT2D eigenvalue weighted by atomic mass is 16.5. The lowest BCUT2D eigenvalue weighted by Crippen LogP contribution is -2.15. The monoisotopic (exact) mass is 344 g/mol. The summed E-state index contributed by atoms with van der Waals surface area (Å²) in [7, 11) is 3.13. The predicted octanol–water partition coefficient (Wildman–Crippen LogP) is 2.14. The Morgan fingerprint density at radius 3 is 2.76 bits per heavy atom. The molecule has 0 heterocycles. The third kappa shape index (κ3) is 5.69. The highest BCUT2D eigenvalue weighted by Gasteiger charge is 2.11. The van der Waals surface area contributed by atoms with Crippen LogP contribution in [0.15, 0.2) is 59.0 Å². The zero-order valence-electron chi connectivity index (χ0n) is 14.5. The fourth-order valence-corrected chi connectivity index (χ4v) is 2.24. The molecule has 1 aromatic rings. The van der Waals surface area contributed by atoms with Crippen molar-refractivity contribution in [2.75, 3.05) is 27.3 Å². The van der Waals surface area contributed by atoms with Gasteiger partial charge in [0.25, 0.3) is 0 Å². The van der Waals surface area contributed by atoms with Crippen molar-refractivity contribution in [2.24, 2.45) is 4.99 Å². The number of allylic oxidation sites excluding steroid dienone is 1. The minimum atomic E-state index is -0.663. The van der Waals surface area contributed by atoms with Crippen molar-refractivity contribution in [3.63, 3.8) is 0 Å². The highest BCUT2D eigenvalue weighted by molar-refractivity contribution is 5.83. The van der Waals surface area contributed by atoms with Crippen molar-refractivity contribution in [2.45, 2.75) is 12.5 Å². The first kappa shape index (κ1) is 18.6. The van der Waals surface area contributed by atoms with E-state index in [0.29, 0.717) is 23.6 Å². The zero-order valence-corrected chi connectivity index (χ0v) is 14.5. The van der Waals surface area contributed by atoms with Gasteiger partial charge in [0.2, 0.25) is 0 Å². The normalized spacial score (nSPS) is 18.4. The Kier molecular flexibility index (Phi) is 7.10. The first-order chi connectivity index (χ1) is 12.1. The molecule has 1 unspecified atom stereocenters. The number of hydrogen-bond donors (Lipinski definition) is 3. The van der Waals surface area contributed by atoms with Gasteiger partial charge in [-0.25, -0.2) is 0 Å². The minimum Gasteiger partial charge on any atom is -0.507 e. The standard InChI is InChI=1S/C19H24N2O4/c1-24-16-6-4-14(18(22)10-16)12-20-8-3-9-21-13-15-5-7-17(25-2)11-19(15)23/h4-7,10-13,18,20,22-23H,3,8-9H2,1-2H3/b14-12-,21-13?. The van der Waals surface area contributed by atoms with E-state index in [1.54, 1.807) is 50.9 Å². The first-order valence-electron chi connectivity index (χ1n) is 8.06. The molecule has 1 atom stereocenters. The molecule has 6 heteroatoms. The van der Waals surface area contributed by atoms with Crippen molar-refractivity contribution < 1.29 is 19.7 Å². The predicted molar refractivity (Wildman–Crippen MR) is 98.1 cm³/mol. The number of aliphatic hydroxyl groups is 1. The number of methoxy groups -OCH3 is 2. The van der Waals surface area contributed by atoms with E-state index in [-0.39, 0.29) is 5.75 Å². The lowest BCUT2D eigenvalue weighted by atomic mass is 10.1. The van der Waals surface area contributed by atoms with Gasteiger partial charge in [-0.05, 0) is 30.7 Å². The summed E-state index contributed by atoms with van der Waals surface area (Å²) in [6, 6.07) is 5.10. The fourth-order valence-electron chi connectivity index (χ4n) is 2.24. The van der Waals surface area contributed by atoms with Gasteiger partial charge < -0.3 is 25.0 Å². The summed E-state index contributed by atoms with van der Waals surface area (Å²) >= 11 is 0. The Balaban J connectivity index is 1.71. The fraction of sp³-hybridized carbons (Fsp3) is 0.316. The first-order valence-corrected chi connectivity index (χ1v) is 8.06. The number of aromatic hydroxyl groups is 1. The average Bonchev–Trinajstić information content (AvgIpc) is 2.62. The molecule has 0 saturated carbocycles. The van der Waals surface area contributed by atoms with Crippen LogP contribution in [0.25, 0.3) is 0 Å². The lowest BCUT2D eigenvalue weighted by Gasteiger charge is -2.14. The van der Waals surface area contributed by atoms with Crippen LogP contribution in [0, 0.1) is 0 Å². The summed E-state index contributed by atoms with van der Waals surface area (Å²) in [5, 5.41) is 22.9. The number of phenolic OH excluding ortho intramolecular Hbond substituents is 1. The molecular formula is C19H24N2O4. The summed E-state index contributed by atoms with van der Waals surface area (Å²) in [6.07, 6.45) is 8.90. The van der Waals surface area contributed by atoms with E-state index in [0.717, 1.165) is 18.5 Å². The van der Waals surface area contributed by atoms with Crippen LogP contribution in [0.4, 0.5) is 0 Å². The maximum Gasteiger partial charge on any atom is 0.128 e. The molecule has 3 N–H and O–H groups in total. The largest absolute Gasteiger partial charge is 0.507 e. The molecule has 0 aromatic heterocycles. The molecule has 0 bridgehead atoms. The number of aliphatic imine (C=N–C) groups is 1. The molecule has 6 nitrogen and oxygen atoms in total. The van der Waals surface area contributed by atoms with E-state index >= 15 is 0 Å². The van der Waals surface area contributed by atoms with Gasteiger partial charge in [0.1, 0.15) is 23.4 Å². The van der Waals surface area contributed by atoms with Crippen LogP contribution in [0.1, 0.15) is 12.0 Å². The van der Waals surface area contributed by atoms with Crippen LogP contribution in [-0.2, 0) is 4.74 Å². The molecule has 1 aromatic carbocycles. The lowest BCUT2D eigenvalue weighted by molar-refractivity contribution is 0.242. The maximum absolute atomic E-state index is 9.93. The summed E-state index contributed by atoms with van der Waals surface area (Å²) in [6.45, 7) is 1.37. The van der Waals surface area contributed by atoms with Gasteiger partial charge >= 0.3 is 0 Å². The van der Waals surface area contributed by atoms with Gasteiger partial charge in [-0.2, -0.15) is 0 Å². The van der Waals surface area contributed by atoms with E-state index in [9.17, 15) is 10.2 Å². The molecule has 25 heavy (non-hydrogen) atoms. The third-order valence-electron chi connectivity index (χ3n) is 3.68. The van der Waals surface area contributed by atoms with Gasteiger partial charge in [-0.15, -0.1) is 0 Å². The summed E-state index contributed by atoms with van der Waals surface area (Å²) < 4.78 is 10.1. The number of nitrogens with one attached hydrogen (secondary N) is 1. The molecule has 134 valence electrons. The average molecular weight is 344 g/mol. The Morgan fingerprint density at radius 2 is 2.08 bits per heavy atom. The van der Waals surface area contributed by atoms with Crippen LogP contribution in [-0.4, -0.2) is 49.8 Å². The second kappa shape index (κ2) is 9.54. The maximum atomic E-state index is 9.93. The second-order valence-electron chi connectivity index (χ2n) is 5.46. The number of benzene rings is 1. The molecule has 0 fully saturated rings. The van der Waals surface area contributed by atoms with E-state index in [2.05, 4.69) is 10.3 Å². The van der Waals surface area contributed by atoms with Gasteiger partial charge in [0.05, 0.1) is 14.2 Å². The number of rotatable bonds is 8. The molecule has 2 rings (SSSR count). The van der Waals surface area contributed by atoms with Crippen LogP contribution in [0.5, 0.6) is 11.5 Å². The van der Waals surface area contributed by atoms with E-state index in [1.165, 1.54) is 0 Å². The second-order valence-corrected chi connectivity index (χ2v) is 5.46. The molecule has 0 amide bonds. The number of phenols is 1. The quantitative estimate of drug-likeness (QED) is 0.497. The summed E-state index contributed by atoms with van der Waals surface area (Å²) in [4.78, 5) is 4.30. The molecule has 0 spiro atoms. The van der Waals surface area contributed by atoms with Crippen molar-refractivity contribution in [1.82, 2.24) is 5.32 Å². The highest BCUT2D eigenvalue weighted by Crippen LogP contribution is 2.21. The van der Waals surface area contributed by atoms with E-state index in [1.807, 2.05) is 12.2 Å². The van der Waals surface area contributed by atoms with Crippen LogP contribution >= 0.6 is 0 Å².